The summed E-state index contributed by atoms with van der Waals surface area (Å²) in [5.74, 6) is 1.38. The minimum absolute atomic E-state index is 0.0241. The molecule has 4 heteroatoms. The van der Waals surface area contributed by atoms with Crippen molar-refractivity contribution in [1.82, 2.24) is 5.32 Å². The van der Waals surface area contributed by atoms with Crippen LogP contribution in [0.5, 0.6) is 0 Å². The quantitative estimate of drug-likeness (QED) is 0.496. The van der Waals surface area contributed by atoms with E-state index >= 15 is 0 Å². The summed E-state index contributed by atoms with van der Waals surface area (Å²) in [6.07, 6.45) is 4.89. The fraction of sp³-hybridized carbons (Fsp3) is 0.556. The first-order valence-electron chi connectivity index (χ1n) is 4.01. The van der Waals surface area contributed by atoms with Crippen molar-refractivity contribution in [2.45, 2.75) is 26.3 Å². The zero-order valence-corrected chi connectivity index (χ0v) is 7.79. The second-order valence-corrected chi connectivity index (χ2v) is 2.42. The van der Waals surface area contributed by atoms with E-state index in [1.54, 1.807) is 13.8 Å². The van der Waals surface area contributed by atoms with Crippen LogP contribution in [-0.2, 0) is 14.3 Å². The molecule has 4 nitrogen and oxygen atoms in total. The SMILES string of the molecule is C#CCC(=O)NC(C)C(=O)OCC. The molecule has 0 aromatic heterocycles. The van der Waals surface area contributed by atoms with Crippen LogP contribution in [0.1, 0.15) is 20.3 Å². The summed E-state index contributed by atoms with van der Waals surface area (Å²) in [6.45, 7) is 3.55. The Bertz CT molecular complexity index is 230. The van der Waals surface area contributed by atoms with Gasteiger partial charge in [-0.05, 0) is 13.8 Å². The van der Waals surface area contributed by atoms with Crippen LogP contribution in [0.2, 0.25) is 0 Å². The molecule has 1 unspecified atom stereocenters. The van der Waals surface area contributed by atoms with Gasteiger partial charge in [-0.25, -0.2) is 4.79 Å². The number of ether oxygens (including phenoxy) is 1. The van der Waals surface area contributed by atoms with Gasteiger partial charge in [0.05, 0.1) is 13.0 Å². The summed E-state index contributed by atoms with van der Waals surface area (Å²) in [4.78, 5) is 21.9. The molecule has 0 aromatic carbocycles. The molecule has 72 valence electrons. The van der Waals surface area contributed by atoms with Gasteiger partial charge in [0.25, 0.3) is 0 Å². The standard InChI is InChI=1S/C9H13NO3/c1-4-6-8(11)10-7(3)9(12)13-5-2/h1,7H,5-6H2,2-3H3,(H,10,11). The Morgan fingerprint density at radius 2 is 2.23 bits per heavy atom. The largest absolute Gasteiger partial charge is 0.464 e. The lowest BCUT2D eigenvalue weighted by molar-refractivity contribution is -0.146. The molecule has 0 aliphatic carbocycles. The summed E-state index contributed by atoms with van der Waals surface area (Å²) in [5.41, 5.74) is 0. The van der Waals surface area contributed by atoms with E-state index < -0.39 is 12.0 Å². The third-order valence-corrected chi connectivity index (χ3v) is 1.28. The second kappa shape index (κ2) is 6.06. The van der Waals surface area contributed by atoms with Crippen molar-refractivity contribution in [2.24, 2.45) is 0 Å². The van der Waals surface area contributed by atoms with E-state index in [-0.39, 0.29) is 12.3 Å². The maximum absolute atomic E-state index is 11.0. The molecular weight excluding hydrogens is 170 g/mol. The highest BCUT2D eigenvalue weighted by Gasteiger charge is 2.15. The molecule has 1 amide bonds. The molecule has 0 aromatic rings. The molecule has 0 saturated carbocycles. The van der Waals surface area contributed by atoms with Crippen LogP contribution < -0.4 is 5.32 Å². The summed E-state index contributed by atoms with van der Waals surface area (Å²) >= 11 is 0. The number of hydrogen-bond acceptors (Lipinski definition) is 3. The van der Waals surface area contributed by atoms with Gasteiger partial charge in [0.15, 0.2) is 0 Å². The molecule has 0 radical (unpaired) electrons. The fourth-order valence-electron chi connectivity index (χ4n) is 0.711. The van der Waals surface area contributed by atoms with Crippen LogP contribution >= 0.6 is 0 Å². The molecule has 13 heavy (non-hydrogen) atoms. The molecule has 0 saturated heterocycles. The summed E-state index contributed by atoms with van der Waals surface area (Å²) < 4.78 is 4.68. The van der Waals surface area contributed by atoms with Gasteiger partial charge in [-0.15, -0.1) is 6.42 Å². The predicted octanol–water partition coefficient (Wildman–Crippen LogP) is 0.0775. The van der Waals surface area contributed by atoms with Gasteiger partial charge in [0.2, 0.25) is 5.91 Å². The molecule has 0 rings (SSSR count). The molecule has 0 fully saturated rings. The van der Waals surface area contributed by atoms with Gasteiger partial charge in [0, 0.05) is 0 Å². The average molecular weight is 183 g/mol. The van der Waals surface area contributed by atoms with Crippen molar-refractivity contribution in [2.75, 3.05) is 6.61 Å². The van der Waals surface area contributed by atoms with Crippen molar-refractivity contribution in [1.29, 1.82) is 0 Å². The number of rotatable bonds is 4. The van der Waals surface area contributed by atoms with Gasteiger partial charge in [-0.2, -0.15) is 0 Å². The minimum atomic E-state index is -0.638. The maximum Gasteiger partial charge on any atom is 0.328 e. The van der Waals surface area contributed by atoms with Crippen molar-refractivity contribution >= 4 is 11.9 Å². The smallest absolute Gasteiger partial charge is 0.328 e. The van der Waals surface area contributed by atoms with Crippen molar-refractivity contribution in [3.63, 3.8) is 0 Å². The zero-order valence-electron chi connectivity index (χ0n) is 7.79. The van der Waals surface area contributed by atoms with E-state index in [2.05, 4.69) is 16.0 Å². The monoisotopic (exact) mass is 183 g/mol. The van der Waals surface area contributed by atoms with Crippen LogP contribution in [0.4, 0.5) is 0 Å². The Morgan fingerprint density at radius 1 is 1.62 bits per heavy atom. The molecule has 0 spiro atoms. The second-order valence-electron chi connectivity index (χ2n) is 2.42. The highest BCUT2D eigenvalue weighted by molar-refractivity contribution is 5.85. The number of carbonyl (C=O) groups excluding carboxylic acids is 2. The topological polar surface area (TPSA) is 55.4 Å². The molecule has 0 bridgehead atoms. The van der Waals surface area contributed by atoms with Crippen LogP contribution in [0.15, 0.2) is 0 Å². The van der Waals surface area contributed by atoms with Gasteiger partial charge >= 0.3 is 5.97 Å². The Labute approximate surface area is 77.6 Å². The lowest BCUT2D eigenvalue weighted by Crippen LogP contribution is -2.39. The number of amides is 1. The van der Waals surface area contributed by atoms with Crippen LogP contribution in [0.25, 0.3) is 0 Å². The van der Waals surface area contributed by atoms with Crippen LogP contribution in [0, 0.1) is 12.3 Å². The normalized spacial score (nSPS) is 11.2. The van der Waals surface area contributed by atoms with E-state index in [9.17, 15) is 9.59 Å². The Kier molecular flexibility index (Phi) is 5.37. The maximum atomic E-state index is 11.0. The third-order valence-electron chi connectivity index (χ3n) is 1.28. The molecule has 0 aliphatic rings. The van der Waals surface area contributed by atoms with Gasteiger partial charge in [-0.1, -0.05) is 5.92 Å². The Hall–Kier alpha value is -1.50. The number of nitrogens with one attached hydrogen (secondary N) is 1. The lowest BCUT2D eigenvalue weighted by Gasteiger charge is -2.10. The lowest BCUT2D eigenvalue weighted by atomic mass is 10.3. The first-order chi connectivity index (χ1) is 6.11. The third kappa shape index (κ3) is 4.86. The minimum Gasteiger partial charge on any atom is -0.464 e. The molecule has 1 atom stereocenters. The molecule has 0 heterocycles. The van der Waals surface area contributed by atoms with Crippen molar-refractivity contribution < 1.29 is 14.3 Å². The highest BCUT2D eigenvalue weighted by atomic mass is 16.5. The Morgan fingerprint density at radius 3 is 2.69 bits per heavy atom. The molecule has 1 N–H and O–H groups in total. The number of esters is 1. The summed E-state index contributed by atoms with van der Waals surface area (Å²) in [6, 6.07) is -0.638. The first-order valence-corrected chi connectivity index (χ1v) is 4.01. The van der Waals surface area contributed by atoms with E-state index in [4.69, 9.17) is 6.42 Å². The zero-order chi connectivity index (χ0) is 10.3. The van der Waals surface area contributed by atoms with Gasteiger partial charge in [-0.3, -0.25) is 4.79 Å². The Balaban J connectivity index is 3.86. The van der Waals surface area contributed by atoms with Crippen LogP contribution in [-0.4, -0.2) is 24.5 Å². The van der Waals surface area contributed by atoms with Gasteiger partial charge < -0.3 is 10.1 Å². The van der Waals surface area contributed by atoms with E-state index in [1.165, 1.54) is 0 Å². The summed E-state index contributed by atoms with van der Waals surface area (Å²) in [5, 5.41) is 2.41. The molecule has 0 aliphatic heterocycles. The molecular formula is C9H13NO3. The first kappa shape index (κ1) is 11.5. The highest BCUT2D eigenvalue weighted by Crippen LogP contribution is 1.88. The summed E-state index contributed by atoms with van der Waals surface area (Å²) in [7, 11) is 0. The van der Waals surface area contributed by atoms with Gasteiger partial charge in [0.1, 0.15) is 6.04 Å². The predicted molar refractivity (Wildman–Crippen MR) is 47.7 cm³/mol. The average Bonchev–Trinajstić information content (AvgIpc) is 2.05. The van der Waals surface area contributed by atoms with E-state index in [0.717, 1.165) is 0 Å². The van der Waals surface area contributed by atoms with Crippen LogP contribution in [0.3, 0.4) is 0 Å². The number of terminal acetylenes is 1. The van der Waals surface area contributed by atoms with E-state index in [1.807, 2.05) is 0 Å². The number of hydrogen-bond donors (Lipinski definition) is 1. The van der Waals surface area contributed by atoms with Crippen molar-refractivity contribution in [3.8, 4) is 12.3 Å². The van der Waals surface area contributed by atoms with Crippen molar-refractivity contribution in [3.05, 3.63) is 0 Å². The number of carbonyl (C=O) groups is 2. The fourth-order valence-corrected chi connectivity index (χ4v) is 0.711. The van der Waals surface area contributed by atoms with E-state index in [0.29, 0.717) is 6.61 Å².